The van der Waals surface area contributed by atoms with Crippen LogP contribution in [0.2, 0.25) is 0 Å². The zero-order valence-electron chi connectivity index (χ0n) is 23.5. The highest BCUT2D eigenvalue weighted by atomic mass is 32.1. The maximum atomic E-state index is 13.5. The molecule has 0 radical (unpaired) electrons. The fourth-order valence-corrected chi connectivity index (χ4v) is 6.43. The fraction of sp³-hybridized carbons (Fsp3) is 0.481. The molecule has 3 aliphatic heterocycles. The van der Waals surface area contributed by atoms with Gasteiger partial charge < -0.3 is 25.0 Å². The minimum Gasteiger partial charge on any atom is -0.478 e. The van der Waals surface area contributed by atoms with Crippen LogP contribution in [0.4, 0.5) is 24.1 Å². The molecule has 2 N–H and O–H groups in total. The Bertz CT molecular complexity index is 1540. The number of aliphatic hydroxyl groups is 1. The van der Waals surface area contributed by atoms with Crippen molar-refractivity contribution in [2.75, 3.05) is 38.2 Å². The lowest BCUT2D eigenvalue weighted by Gasteiger charge is -2.42. The summed E-state index contributed by atoms with van der Waals surface area (Å²) in [6.45, 7) is 1.47. The first-order valence-corrected chi connectivity index (χ1v) is 14.7. The van der Waals surface area contributed by atoms with Crippen molar-refractivity contribution in [2.24, 2.45) is 23.0 Å². The number of hydrogen-bond acceptors (Lipinski definition) is 11. The molecule has 3 atom stereocenters. The topological polar surface area (TPSA) is 133 Å². The average Bonchev–Trinajstić information content (AvgIpc) is 3.65. The molecule has 228 valence electrons. The summed E-state index contributed by atoms with van der Waals surface area (Å²) in [4.78, 5) is 34.5. The van der Waals surface area contributed by atoms with Crippen LogP contribution in [-0.4, -0.2) is 104 Å². The van der Waals surface area contributed by atoms with E-state index in [2.05, 4.69) is 30.4 Å². The number of anilines is 2. The second kappa shape index (κ2) is 11.6. The second-order valence-corrected chi connectivity index (χ2v) is 11.5. The number of halogens is 3. The molecule has 3 aliphatic rings. The number of nitrogens with one attached hydrogen (secondary N) is 1. The largest absolute Gasteiger partial charge is 0.478 e. The number of pyridine rings is 1. The molecule has 2 saturated heterocycles. The first-order valence-electron chi connectivity index (χ1n) is 13.8. The number of hydrogen-bond donors (Lipinski definition) is 2. The van der Waals surface area contributed by atoms with Gasteiger partial charge in [0.25, 0.3) is 5.91 Å². The number of aliphatic hydroxyl groups excluding tert-OH is 1. The number of aromatic nitrogens is 4. The average molecular weight is 618 g/mol. The van der Waals surface area contributed by atoms with Gasteiger partial charge in [0.1, 0.15) is 12.4 Å². The van der Waals surface area contributed by atoms with Crippen LogP contribution < -0.4 is 5.32 Å². The van der Waals surface area contributed by atoms with E-state index in [-0.39, 0.29) is 30.6 Å². The molecule has 12 nitrogen and oxygen atoms in total. The second-order valence-electron chi connectivity index (χ2n) is 10.7. The van der Waals surface area contributed by atoms with E-state index < -0.39 is 31.1 Å². The number of alkyl halides is 3. The van der Waals surface area contributed by atoms with E-state index in [1.165, 1.54) is 17.5 Å². The molecule has 16 heteroatoms. The van der Waals surface area contributed by atoms with Crippen molar-refractivity contribution >= 4 is 40.1 Å². The summed E-state index contributed by atoms with van der Waals surface area (Å²) in [5.74, 6) is -1.86. The van der Waals surface area contributed by atoms with Crippen LogP contribution in [0.25, 0.3) is 11.3 Å². The summed E-state index contributed by atoms with van der Waals surface area (Å²) in [5, 5.41) is 19.2. The summed E-state index contributed by atoms with van der Waals surface area (Å²) in [5.41, 5.74) is 3.11. The first kappa shape index (κ1) is 29.0. The van der Waals surface area contributed by atoms with E-state index >= 15 is 0 Å². The summed E-state index contributed by atoms with van der Waals surface area (Å²) >= 11 is 1.44. The molecule has 43 heavy (non-hydrogen) atoms. The van der Waals surface area contributed by atoms with Crippen molar-refractivity contribution in [2.45, 2.75) is 38.0 Å². The van der Waals surface area contributed by atoms with Crippen molar-refractivity contribution in [3.8, 4) is 11.3 Å². The molecule has 2 unspecified atom stereocenters. The van der Waals surface area contributed by atoms with Crippen molar-refractivity contribution in [1.82, 2.24) is 29.5 Å². The summed E-state index contributed by atoms with van der Waals surface area (Å²) in [6, 6.07) is 3.17. The van der Waals surface area contributed by atoms with Crippen molar-refractivity contribution in [1.29, 1.82) is 0 Å². The molecular formula is C27H30F3N9O3S. The third kappa shape index (κ3) is 5.93. The van der Waals surface area contributed by atoms with Crippen LogP contribution in [0.5, 0.6) is 0 Å². The quantitative estimate of drug-likeness (QED) is 0.431. The van der Waals surface area contributed by atoms with Gasteiger partial charge in [-0.15, -0.1) is 11.3 Å². The number of fused-ring (bicyclic) bond motifs is 2. The number of rotatable bonds is 6. The van der Waals surface area contributed by atoms with Crippen LogP contribution in [0, 0.1) is 12.8 Å². The molecule has 6 heterocycles. The highest BCUT2D eigenvalue weighted by Crippen LogP contribution is 2.35. The van der Waals surface area contributed by atoms with E-state index in [1.54, 1.807) is 16.8 Å². The Hall–Kier alpha value is -4.05. The number of aliphatic imine (C=N–C) groups is 2. The number of piperazine rings is 1. The van der Waals surface area contributed by atoms with Crippen LogP contribution in [-0.2, 0) is 11.8 Å². The van der Waals surface area contributed by atoms with Crippen LogP contribution in [0.3, 0.4) is 0 Å². The van der Waals surface area contributed by atoms with Gasteiger partial charge in [-0.3, -0.25) is 9.48 Å². The number of guanidine groups is 1. The van der Waals surface area contributed by atoms with Crippen LogP contribution >= 0.6 is 11.3 Å². The van der Waals surface area contributed by atoms with E-state index in [1.807, 2.05) is 35.3 Å². The number of carbonyl (C=O) groups is 1. The third-order valence-corrected chi connectivity index (χ3v) is 8.46. The van der Waals surface area contributed by atoms with Gasteiger partial charge in [0.15, 0.2) is 11.0 Å². The lowest BCUT2D eigenvalue weighted by molar-refractivity contribution is -0.157. The zero-order chi connectivity index (χ0) is 30.3. The standard InChI is InChI=1S/C27H30F3N9O3S/c1-15-19(13-37(2)36-15)21-14-43-26(33-21)34-22-6-3-16(9-31-22)24(41)39-17-4-5-18(39)12-38(11-17)25-32-10-20(27(28,29)30)23(35-25)42-8-7-40/h3,6,9,13-14,17-18,20,40H,4-5,7-8,10-12H2,1-2H3,(H,31,33,34)/t17-,18?,20?/m1/s1. The number of likely N-dealkylation sites (tertiary alicyclic amines) is 1. The molecule has 3 aromatic rings. The Morgan fingerprint density at radius 2 is 2.00 bits per heavy atom. The highest BCUT2D eigenvalue weighted by Gasteiger charge is 2.48. The van der Waals surface area contributed by atoms with Gasteiger partial charge in [-0.25, -0.2) is 15.0 Å². The van der Waals surface area contributed by atoms with Gasteiger partial charge in [-0.2, -0.15) is 23.3 Å². The molecule has 0 aromatic carbocycles. The smallest absolute Gasteiger partial charge is 0.402 e. The van der Waals surface area contributed by atoms with Gasteiger partial charge in [0, 0.05) is 43.5 Å². The minimum absolute atomic E-state index is 0.145. The van der Waals surface area contributed by atoms with Crippen molar-refractivity contribution < 1.29 is 27.8 Å². The van der Waals surface area contributed by atoms with Crippen LogP contribution in [0.1, 0.15) is 28.9 Å². The van der Waals surface area contributed by atoms with Crippen LogP contribution in [0.15, 0.2) is 39.9 Å². The lowest BCUT2D eigenvalue weighted by atomic mass is 10.1. The summed E-state index contributed by atoms with van der Waals surface area (Å²) in [7, 11) is 1.86. The third-order valence-electron chi connectivity index (χ3n) is 7.70. The molecule has 2 bridgehead atoms. The van der Waals surface area contributed by atoms with Crippen molar-refractivity contribution in [3.05, 3.63) is 41.2 Å². The summed E-state index contributed by atoms with van der Waals surface area (Å²) < 4.78 is 47.3. The first-order chi connectivity index (χ1) is 20.6. The Balaban J connectivity index is 1.10. The van der Waals surface area contributed by atoms with Gasteiger partial charge >= 0.3 is 6.18 Å². The number of aryl methyl sites for hydroxylation is 2. The van der Waals surface area contributed by atoms with Gasteiger partial charge in [-0.1, -0.05) is 0 Å². The van der Waals surface area contributed by atoms with E-state index in [0.29, 0.717) is 29.6 Å². The predicted octanol–water partition coefficient (Wildman–Crippen LogP) is 3.23. The molecule has 2 fully saturated rings. The van der Waals surface area contributed by atoms with Gasteiger partial charge in [-0.05, 0) is 31.9 Å². The molecule has 3 aromatic heterocycles. The maximum absolute atomic E-state index is 13.5. The highest BCUT2D eigenvalue weighted by molar-refractivity contribution is 7.14. The Kier molecular flexibility index (Phi) is 7.81. The Labute approximate surface area is 248 Å². The SMILES string of the molecule is Cc1nn(C)cc1-c1csc(Nc2ccc(C(=O)N3C4CC[C@@H]3CN(C3=NCC(C(F)(F)F)C(OCCO)=N3)C4)cn2)n1. The molecule has 0 saturated carbocycles. The van der Waals surface area contributed by atoms with E-state index in [9.17, 15) is 18.0 Å². The number of carbonyl (C=O) groups excluding carboxylic acids is 1. The van der Waals surface area contributed by atoms with E-state index in [4.69, 9.17) is 9.84 Å². The molecular weight excluding hydrogens is 587 g/mol. The summed E-state index contributed by atoms with van der Waals surface area (Å²) in [6.07, 6.45) is 0.421. The Morgan fingerprint density at radius 3 is 2.63 bits per heavy atom. The maximum Gasteiger partial charge on any atom is 0.402 e. The van der Waals surface area contributed by atoms with E-state index in [0.717, 1.165) is 29.8 Å². The van der Waals surface area contributed by atoms with Crippen molar-refractivity contribution in [3.63, 3.8) is 0 Å². The monoisotopic (exact) mass is 617 g/mol. The molecule has 0 aliphatic carbocycles. The lowest BCUT2D eigenvalue weighted by Crippen LogP contribution is -2.57. The molecule has 1 amide bonds. The zero-order valence-corrected chi connectivity index (χ0v) is 24.3. The number of thiazole rings is 1. The Morgan fingerprint density at radius 1 is 1.23 bits per heavy atom. The number of amides is 1. The molecule has 6 rings (SSSR count). The molecule has 0 spiro atoms. The number of ether oxygens (including phenoxy) is 1. The normalized spacial score (nSPS) is 22.0. The minimum atomic E-state index is -4.56. The van der Waals surface area contributed by atoms with Gasteiger partial charge in [0.05, 0.1) is 42.2 Å². The fourth-order valence-electron chi connectivity index (χ4n) is 5.72. The number of nitrogens with zero attached hydrogens (tertiary/aromatic N) is 8. The van der Waals surface area contributed by atoms with Gasteiger partial charge in [0.2, 0.25) is 11.9 Å². The predicted molar refractivity (Wildman–Crippen MR) is 153 cm³/mol.